The minimum atomic E-state index is 0.644. The summed E-state index contributed by atoms with van der Waals surface area (Å²) in [5, 5.41) is 8.49. The van der Waals surface area contributed by atoms with Crippen LogP contribution in [0.25, 0.3) is 5.69 Å². The third-order valence-corrected chi connectivity index (χ3v) is 4.29. The van der Waals surface area contributed by atoms with E-state index in [0.29, 0.717) is 13.2 Å². The molecule has 1 N–H and O–H groups in total. The van der Waals surface area contributed by atoms with Crippen LogP contribution in [0.2, 0.25) is 0 Å². The Morgan fingerprint density at radius 1 is 1.17 bits per heavy atom. The van der Waals surface area contributed by atoms with E-state index in [4.69, 9.17) is 14.6 Å². The monoisotopic (exact) mass is 329 g/mol. The van der Waals surface area contributed by atoms with Crippen LogP contribution in [0.5, 0.6) is 5.75 Å². The quantitative estimate of drug-likeness (QED) is 0.789. The number of fused-ring (bicyclic) bond motifs is 1. The molecule has 2 heterocycles. The SMILES string of the molecule is CCOCCc1nn(-c2ccccc2OCC)c2c1CCCCN2. The average Bonchev–Trinajstić information content (AvgIpc) is 2.78. The molecule has 0 bridgehead atoms. The lowest BCUT2D eigenvalue weighted by Crippen LogP contribution is -2.09. The van der Waals surface area contributed by atoms with E-state index in [0.717, 1.165) is 48.9 Å². The van der Waals surface area contributed by atoms with Crippen molar-refractivity contribution in [2.45, 2.75) is 39.5 Å². The van der Waals surface area contributed by atoms with E-state index >= 15 is 0 Å². The summed E-state index contributed by atoms with van der Waals surface area (Å²) in [5.74, 6) is 1.99. The molecule has 5 nitrogen and oxygen atoms in total. The third-order valence-electron chi connectivity index (χ3n) is 4.29. The molecule has 3 rings (SSSR count). The molecule has 130 valence electrons. The lowest BCUT2D eigenvalue weighted by molar-refractivity contribution is 0.150. The first-order valence-electron chi connectivity index (χ1n) is 8.99. The van der Waals surface area contributed by atoms with Gasteiger partial charge in [-0.25, -0.2) is 4.68 Å². The van der Waals surface area contributed by atoms with Crippen LogP contribution in [0.4, 0.5) is 5.82 Å². The molecule has 0 aliphatic carbocycles. The summed E-state index contributed by atoms with van der Waals surface area (Å²) in [7, 11) is 0. The van der Waals surface area contributed by atoms with E-state index in [1.165, 1.54) is 18.4 Å². The second-order valence-corrected chi connectivity index (χ2v) is 5.92. The number of anilines is 1. The van der Waals surface area contributed by atoms with Crippen molar-refractivity contribution in [3.8, 4) is 11.4 Å². The Morgan fingerprint density at radius 2 is 2.04 bits per heavy atom. The highest BCUT2D eigenvalue weighted by atomic mass is 16.5. The molecule has 0 amide bonds. The zero-order chi connectivity index (χ0) is 16.8. The fourth-order valence-corrected chi connectivity index (χ4v) is 3.17. The number of benzene rings is 1. The van der Waals surface area contributed by atoms with Gasteiger partial charge in [-0.3, -0.25) is 0 Å². The molecule has 0 fully saturated rings. The molecule has 0 saturated heterocycles. The Bertz CT molecular complexity index is 667. The van der Waals surface area contributed by atoms with Crippen molar-refractivity contribution in [2.24, 2.45) is 0 Å². The lowest BCUT2D eigenvalue weighted by Gasteiger charge is -2.13. The molecular weight excluding hydrogens is 302 g/mol. The number of nitrogens with one attached hydrogen (secondary N) is 1. The molecule has 1 aliphatic rings. The molecule has 1 aliphatic heterocycles. The standard InChI is InChI=1S/C19H27N3O2/c1-3-23-14-12-16-15-9-7-8-13-20-19(15)22(21-16)17-10-5-6-11-18(17)24-4-2/h5-6,10-11,20H,3-4,7-9,12-14H2,1-2H3. The highest BCUT2D eigenvalue weighted by molar-refractivity contribution is 5.58. The van der Waals surface area contributed by atoms with Crippen molar-refractivity contribution >= 4 is 5.82 Å². The van der Waals surface area contributed by atoms with Crippen LogP contribution in [0, 0.1) is 0 Å². The van der Waals surface area contributed by atoms with Crippen LogP contribution in [-0.2, 0) is 17.6 Å². The molecule has 0 saturated carbocycles. The van der Waals surface area contributed by atoms with Gasteiger partial charge >= 0.3 is 0 Å². The van der Waals surface area contributed by atoms with E-state index in [9.17, 15) is 0 Å². The fourth-order valence-electron chi connectivity index (χ4n) is 3.17. The molecule has 2 aromatic rings. The molecule has 1 aromatic heterocycles. The Kier molecular flexibility index (Phi) is 5.75. The summed E-state index contributed by atoms with van der Waals surface area (Å²) >= 11 is 0. The summed E-state index contributed by atoms with van der Waals surface area (Å²) in [4.78, 5) is 0. The number of aromatic nitrogens is 2. The van der Waals surface area contributed by atoms with E-state index in [-0.39, 0.29) is 0 Å². The van der Waals surface area contributed by atoms with Crippen molar-refractivity contribution in [3.63, 3.8) is 0 Å². The maximum absolute atomic E-state index is 5.81. The zero-order valence-corrected chi connectivity index (χ0v) is 14.7. The number of hydrogen-bond acceptors (Lipinski definition) is 4. The minimum Gasteiger partial charge on any atom is -0.492 e. The van der Waals surface area contributed by atoms with Gasteiger partial charge in [-0.05, 0) is 45.2 Å². The number of ether oxygens (including phenoxy) is 2. The molecular formula is C19H27N3O2. The van der Waals surface area contributed by atoms with Gasteiger partial charge in [0.2, 0.25) is 0 Å². The van der Waals surface area contributed by atoms with Gasteiger partial charge in [0.15, 0.2) is 0 Å². The summed E-state index contributed by atoms with van der Waals surface area (Å²) in [6.45, 7) is 7.12. The highest BCUT2D eigenvalue weighted by Gasteiger charge is 2.21. The number of nitrogens with zero attached hydrogens (tertiary/aromatic N) is 2. The van der Waals surface area contributed by atoms with Gasteiger partial charge in [-0.1, -0.05) is 12.1 Å². The van der Waals surface area contributed by atoms with Gasteiger partial charge < -0.3 is 14.8 Å². The van der Waals surface area contributed by atoms with Crippen LogP contribution < -0.4 is 10.1 Å². The summed E-state index contributed by atoms with van der Waals surface area (Å²) < 4.78 is 13.4. The average molecular weight is 329 g/mol. The predicted molar refractivity (Wildman–Crippen MR) is 96.4 cm³/mol. The summed E-state index contributed by atoms with van der Waals surface area (Å²) in [6.07, 6.45) is 4.30. The van der Waals surface area contributed by atoms with Gasteiger partial charge in [0, 0.05) is 25.1 Å². The predicted octanol–water partition coefficient (Wildman–Crippen LogP) is 3.60. The molecule has 24 heavy (non-hydrogen) atoms. The summed E-state index contributed by atoms with van der Waals surface area (Å²) in [6, 6.07) is 8.10. The van der Waals surface area contributed by atoms with Gasteiger partial charge in [-0.15, -0.1) is 0 Å². The van der Waals surface area contributed by atoms with Crippen LogP contribution >= 0.6 is 0 Å². The Balaban J connectivity index is 2.01. The molecule has 0 radical (unpaired) electrons. The minimum absolute atomic E-state index is 0.644. The van der Waals surface area contributed by atoms with Crippen molar-refractivity contribution < 1.29 is 9.47 Å². The number of rotatable bonds is 7. The van der Waals surface area contributed by atoms with Crippen molar-refractivity contribution in [3.05, 3.63) is 35.5 Å². The lowest BCUT2D eigenvalue weighted by atomic mass is 10.1. The van der Waals surface area contributed by atoms with Crippen molar-refractivity contribution in [1.29, 1.82) is 0 Å². The molecule has 1 aromatic carbocycles. The normalized spacial score (nSPS) is 13.9. The maximum Gasteiger partial charge on any atom is 0.145 e. The van der Waals surface area contributed by atoms with E-state index < -0.39 is 0 Å². The van der Waals surface area contributed by atoms with Gasteiger partial charge in [0.1, 0.15) is 17.3 Å². The molecule has 0 unspecified atom stereocenters. The van der Waals surface area contributed by atoms with E-state index in [2.05, 4.69) is 11.4 Å². The topological polar surface area (TPSA) is 48.3 Å². The van der Waals surface area contributed by atoms with Gasteiger partial charge in [0.05, 0.1) is 18.9 Å². The number of hydrogen-bond donors (Lipinski definition) is 1. The zero-order valence-electron chi connectivity index (χ0n) is 14.7. The Labute approximate surface area is 144 Å². The third kappa shape index (κ3) is 3.56. The first-order chi connectivity index (χ1) is 11.8. The fraction of sp³-hybridized carbons (Fsp3) is 0.526. The van der Waals surface area contributed by atoms with Gasteiger partial charge in [0.25, 0.3) is 0 Å². The molecule has 0 spiro atoms. The van der Waals surface area contributed by atoms with Crippen LogP contribution in [0.1, 0.15) is 37.9 Å². The van der Waals surface area contributed by atoms with E-state index in [1.807, 2.05) is 36.7 Å². The summed E-state index contributed by atoms with van der Waals surface area (Å²) in [5.41, 5.74) is 3.46. The Hall–Kier alpha value is -2.01. The van der Waals surface area contributed by atoms with Crippen LogP contribution in [-0.4, -0.2) is 36.1 Å². The second kappa shape index (κ2) is 8.20. The van der Waals surface area contributed by atoms with Crippen molar-refractivity contribution in [1.82, 2.24) is 9.78 Å². The van der Waals surface area contributed by atoms with Crippen LogP contribution in [0.15, 0.2) is 24.3 Å². The first kappa shape index (κ1) is 16.8. The largest absolute Gasteiger partial charge is 0.492 e. The first-order valence-corrected chi connectivity index (χ1v) is 8.99. The van der Waals surface area contributed by atoms with Crippen molar-refractivity contribution in [2.75, 3.05) is 31.7 Å². The Morgan fingerprint density at radius 3 is 2.88 bits per heavy atom. The van der Waals surface area contributed by atoms with Crippen LogP contribution in [0.3, 0.4) is 0 Å². The van der Waals surface area contributed by atoms with E-state index in [1.54, 1.807) is 0 Å². The maximum atomic E-state index is 5.81. The molecule has 5 heteroatoms. The highest BCUT2D eigenvalue weighted by Crippen LogP contribution is 2.32. The van der Waals surface area contributed by atoms with Gasteiger partial charge in [-0.2, -0.15) is 5.10 Å². The molecule has 0 atom stereocenters. The number of para-hydroxylation sites is 2. The smallest absolute Gasteiger partial charge is 0.145 e. The second-order valence-electron chi connectivity index (χ2n) is 5.92.